The summed E-state index contributed by atoms with van der Waals surface area (Å²) in [7, 11) is 1.51. The zero-order valence-corrected chi connectivity index (χ0v) is 16.1. The van der Waals surface area contributed by atoms with Gasteiger partial charge in [0.15, 0.2) is 11.5 Å². The molecular weight excluding hydrogens is 335 g/mol. The summed E-state index contributed by atoms with van der Waals surface area (Å²) in [6, 6.07) is 12.2. The topological polar surface area (TPSA) is 27.7 Å². The minimum Gasteiger partial charge on any atom is -0.493 e. The number of rotatable bonds is 7. The van der Waals surface area contributed by atoms with Crippen molar-refractivity contribution in [1.82, 2.24) is 0 Å². The van der Waals surface area contributed by atoms with Gasteiger partial charge in [-0.05, 0) is 18.2 Å². The van der Waals surface area contributed by atoms with E-state index in [1.807, 2.05) is 0 Å². The molecule has 0 spiro atoms. The fourth-order valence-corrected chi connectivity index (χ4v) is 1.92. The van der Waals surface area contributed by atoms with Crippen LogP contribution in [0, 0.1) is 0 Å². The van der Waals surface area contributed by atoms with Crippen LogP contribution in [-0.4, -0.2) is 27.3 Å². The van der Waals surface area contributed by atoms with Gasteiger partial charge in [-0.15, -0.1) is 0 Å². The van der Waals surface area contributed by atoms with Crippen LogP contribution in [0.3, 0.4) is 0 Å². The Bertz CT molecular complexity index is 623. The first-order valence-corrected chi connectivity index (χ1v) is 6.70. The van der Waals surface area contributed by atoms with Crippen LogP contribution < -0.4 is 71.1 Å². The second-order valence-corrected chi connectivity index (χ2v) is 4.46. The second kappa shape index (κ2) is 9.58. The van der Waals surface area contributed by atoms with E-state index in [0.29, 0.717) is 11.5 Å². The molecule has 8 heteroatoms. The Labute approximate surface area is 175 Å². The van der Waals surface area contributed by atoms with Crippen LogP contribution in [0.15, 0.2) is 48.5 Å². The van der Waals surface area contributed by atoms with Crippen molar-refractivity contribution in [2.45, 2.75) is 0 Å². The molecule has 0 aromatic heterocycles. The molecule has 0 amide bonds. The number of hydrogen-bond acceptors (Lipinski definition) is 3. The van der Waals surface area contributed by atoms with Crippen molar-refractivity contribution in [3.63, 3.8) is 0 Å². The van der Waals surface area contributed by atoms with E-state index < -0.39 is 12.4 Å². The Morgan fingerprint density at radius 2 is 1.26 bits per heavy atom. The quantitative estimate of drug-likeness (QED) is 0.528. The molecule has 2 aromatic carbocycles. The summed E-state index contributed by atoms with van der Waals surface area (Å²) >= 11 is 0. The van der Waals surface area contributed by atoms with Gasteiger partial charge < -0.3 is 27.2 Å². The third kappa shape index (κ3) is 6.04. The molecule has 0 atom stereocenters. The Morgan fingerprint density at radius 1 is 0.783 bits per heavy atom. The third-order valence-electron chi connectivity index (χ3n) is 2.94. The SMILES string of the molecule is COc1ccccc1OCCOc1ccccc1[B-](F)(F)F.[K+]. The van der Waals surface area contributed by atoms with E-state index in [1.54, 1.807) is 24.3 Å². The fourth-order valence-electron chi connectivity index (χ4n) is 1.92. The maximum Gasteiger partial charge on any atom is 1.00 e. The standard InChI is InChI=1S/C15H15BF3O3.K/c1-20-14-8-4-5-9-15(14)22-11-10-21-13-7-3-2-6-12(13)16(17,18)19;/h2-9H,10-11H2,1H3;/q-1;+1. The molecule has 0 aliphatic carbocycles. The molecule has 0 unspecified atom stereocenters. The largest absolute Gasteiger partial charge is 1.00 e. The molecule has 0 fully saturated rings. The zero-order valence-electron chi connectivity index (χ0n) is 13.0. The summed E-state index contributed by atoms with van der Waals surface area (Å²) < 4.78 is 54.3. The number of methoxy groups -OCH3 is 1. The minimum atomic E-state index is -5.10. The summed E-state index contributed by atoms with van der Waals surface area (Å²) in [5.74, 6) is 0.891. The van der Waals surface area contributed by atoms with Crippen LogP contribution in [0.4, 0.5) is 12.9 Å². The van der Waals surface area contributed by atoms with Gasteiger partial charge in [-0.2, -0.15) is 0 Å². The van der Waals surface area contributed by atoms with Gasteiger partial charge in [0.05, 0.1) is 12.9 Å². The van der Waals surface area contributed by atoms with Crippen molar-refractivity contribution in [1.29, 1.82) is 0 Å². The maximum atomic E-state index is 12.9. The average Bonchev–Trinajstić information content (AvgIpc) is 2.51. The van der Waals surface area contributed by atoms with Crippen molar-refractivity contribution < 1.29 is 78.5 Å². The summed E-state index contributed by atoms with van der Waals surface area (Å²) in [4.78, 5) is 0. The first-order valence-electron chi connectivity index (χ1n) is 6.70. The first-order chi connectivity index (χ1) is 10.5. The Kier molecular flexibility index (Phi) is 8.49. The normalized spacial score (nSPS) is 10.6. The molecule has 0 aliphatic rings. The molecule has 23 heavy (non-hydrogen) atoms. The second-order valence-electron chi connectivity index (χ2n) is 4.46. The van der Waals surface area contributed by atoms with Crippen LogP contribution in [0.25, 0.3) is 0 Å². The molecule has 2 rings (SSSR count). The molecule has 0 bridgehead atoms. The monoisotopic (exact) mass is 350 g/mol. The van der Waals surface area contributed by atoms with Gasteiger partial charge >= 0.3 is 58.4 Å². The average molecular weight is 350 g/mol. The number of ether oxygens (including phenoxy) is 3. The van der Waals surface area contributed by atoms with Gasteiger partial charge in [0, 0.05) is 0 Å². The number of para-hydroxylation sites is 3. The summed E-state index contributed by atoms with van der Waals surface area (Å²) in [5.41, 5.74) is -0.736. The number of halogens is 3. The van der Waals surface area contributed by atoms with Gasteiger partial charge in [0.25, 0.3) is 0 Å². The van der Waals surface area contributed by atoms with Gasteiger partial charge in [-0.25, -0.2) is 0 Å². The third-order valence-corrected chi connectivity index (χ3v) is 2.94. The van der Waals surface area contributed by atoms with Crippen LogP contribution in [0.1, 0.15) is 0 Å². The van der Waals surface area contributed by atoms with Crippen LogP contribution in [0.5, 0.6) is 17.2 Å². The number of benzene rings is 2. The first kappa shape index (κ1) is 20.4. The van der Waals surface area contributed by atoms with E-state index in [4.69, 9.17) is 14.2 Å². The van der Waals surface area contributed by atoms with Crippen molar-refractivity contribution in [3.05, 3.63) is 48.5 Å². The molecule has 0 radical (unpaired) electrons. The fraction of sp³-hybridized carbons (Fsp3) is 0.200. The Morgan fingerprint density at radius 3 is 1.83 bits per heavy atom. The van der Waals surface area contributed by atoms with Gasteiger partial charge in [0.2, 0.25) is 0 Å². The minimum absolute atomic E-state index is 0. The van der Waals surface area contributed by atoms with Crippen LogP contribution in [-0.2, 0) is 0 Å². The van der Waals surface area contributed by atoms with E-state index in [0.717, 1.165) is 6.07 Å². The van der Waals surface area contributed by atoms with E-state index in [2.05, 4.69) is 0 Å². The number of hydrogen-bond donors (Lipinski definition) is 0. The summed E-state index contributed by atoms with van der Waals surface area (Å²) in [6.45, 7) is -4.99. The molecule has 2 aromatic rings. The van der Waals surface area contributed by atoms with Gasteiger partial charge in [-0.1, -0.05) is 35.8 Å². The maximum absolute atomic E-state index is 12.9. The van der Waals surface area contributed by atoms with Crippen molar-refractivity contribution >= 4 is 12.4 Å². The molecule has 3 nitrogen and oxygen atoms in total. The molecule has 0 saturated carbocycles. The predicted molar refractivity (Wildman–Crippen MR) is 79.1 cm³/mol. The predicted octanol–water partition coefficient (Wildman–Crippen LogP) is 0.211. The zero-order chi connectivity index (χ0) is 16.0. The van der Waals surface area contributed by atoms with Crippen molar-refractivity contribution in [2.75, 3.05) is 20.3 Å². The van der Waals surface area contributed by atoms with Gasteiger partial charge in [0.1, 0.15) is 13.2 Å². The van der Waals surface area contributed by atoms with E-state index in [9.17, 15) is 12.9 Å². The molecule has 118 valence electrons. The summed E-state index contributed by atoms with van der Waals surface area (Å²) in [5, 5.41) is 0. The van der Waals surface area contributed by atoms with Gasteiger partial charge in [-0.3, -0.25) is 0 Å². The smallest absolute Gasteiger partial charge is 0.493 e. The van der Waals surface area contributed by atoms with Crippen LogP contribution in [0.2, 0.25) is 0 Å². The Hall–Kier alpha value is -0.669. The molecule has 0 N–H and O–H groups in total. The van der Waals surface area contributed by atoms with Crippen LogP contribution >= 0.6 is 0 Å². The van der Waals surface area contributed by atoms with E-state index in [-0.39, 0.29) is 70.3 Å². The molecule has 0 aliphatic heterocycles. The van der Waals surface area contributed by atoms with E-state index in [1.165, 1.54) is 25.3 Å². The van der Waals surface area contributed by atoms with Crippen molar-refractivity contribution in [2.24, 2.45) is 0 Å². The Balaban J connectivity index is 0.00000264. The van der Waals surface area contributed by atoms with E-state index >= 15 is 0 Å². The molecule has 0 saturated heterocycles. The molecule has 0 heterocycles. The molecular formula is C15H15BF3KO3. The van der Waals surface area contributed by atoms with Crippen molar-refractivity contribution in [3.8, 4) is 17.2 Å². The summed E-state index contributed by atoms with van der Waals surface area (Å²) in [6.07, 6.45) is 0.